The number of anilines is 2. The summed E-state index contributed by atoms with van der Waals surface area (Å²) < 4.78 is 40.8. The number of hydrogen-bond donors (Lipinski definition) is 3. The molecular formula is C24H22F3N3O4. The first-order chi connectivity index (χ1) is 16.2. The van der Waals surface area contributed by atoms with Gasteiger partial charge in [-0.3, -0.25) is 4.79 Å². The Hall–Kier alpha value is -3.63. The molecule has 1 atom stereocenters. The zero-order valence-electron chi connectivity index (χ0n) is 17.9. The van der Waals surface area contributed by atoms with Crippen LogP contribution in [0.3, 0.4) is 0 Å². The fourth-order valence-corrected chi connectivity index (χ4v) is 3.76. The maximum atomic E-state index is 12.9. The van der Waals surface area contributed by atoms with Crippen LogP contribution in [0.5, 0.6) is 5.75 Å². The zero-order chi connectivity index (χ0) is 24.3. The van der Waals surface area contributed by atoms with Crippen molar-refractivity contribution in [3.63, 3.8) is 0 Å². The maximum Gasteiger partial charge on any atom is 0.573 e. The predicted octanol–water partition coefficient (Wildman–Crippen LogP) is 3.96. The summed E-state index contributed by atoms with van der Waals surface area (Å²) in [4.78, 5) is 19.3. The number of carbonyl (C=O) groups is 1. The second kappa shape index (κ2) is 9.70. The Balaban J connectivity index is 1.61. The van der Waals surface area contributed by atoms with Crippen LogP contribution in [0, 0.1) is 0 Å². The van der Waals surface area contributed by atoms with Crippen LogP contribution < -0.4 is 15.0 Å². The van der Waals surface area contributed by atoms with Crippen LogP contribution in [-0.2, 0) is 6.61 Å². The Morgan fingerprint density at radius 3 is 2.59 bits per heavy atom. The molecule has 0 aliphatic carbocycles. The van der Waals surface area contributed by atoms with E-state index in [1.54, 1.807) is 24.3 Å². The van der Waals surface area contributed by atoms with Gasteiger partial charge in [0.25, 0.3) is 5.91 Å². The van der Waals surface area contributed by atoms with E-state index in [0.29, 0.717) is 36.5 Å². The van der Waals surface area contributed by atoms with Gasteiger partial charge in [-0.2, -0.15) is 0 Å². The van der Waals surface area contributed by atoms with Crippen LogP contribution in [0.4, 0.5) is 24.7 Å². The molecule has 3 N–H and O–H groups in total. The quantitative estimate of drug-likeness (QED) is 0.502. The van der Waals surface area contributed by atoms with Gasteiger partial charge in [-0.15, -0.1) is 13.2 Å². The van der Waals surface area contributed by atoms with E-state index >= 15 is 0 Å². The number of β-amino-alcohol motifs (C(OH)–C–C–N with tert-alkyl or cyclic N) is 1. The van der Waals surface area contributed by atoms with E-state index in [2.05, 4.69) is 15.0 Å². The lowest BCUT2D eigenvalue weighted by Crippen LogP contribution is -2.23. The normalized spacial score (nSPS) is 15.9. The zero-order valence-corrected chi connectivity index (χ0v) is 17.9. The third-order valence-electron chi connectivity index (χ3n) is 5.36. The fraction of sp³-hybridized carbons (Fsp3) is 0.250. The molecule has 178 valence electrons. The van der Waals surface area contributed by atoms with Crippen LogP contribution in [0.25, 0.3) is 11.1 Å². The average molecular weight is 473 g/mol. The molecule has 4 rings (SSSR count). The Morgan fingerprint density at radius 2 is 1.94 bits per heavy atom. The Labute approximate surface area is 193 Å². The molecule has 1 amide bonds. The largest absolute Gasteiger partial charge is 0.573 e. The summed E-state index contributed by atoms with van der Waals surface area (Å²) in [6.45, 7) is 0.879. The van der Waals surface area contributed by atoms with Crippen molar-refractivity contribution in [2.24, 2.45) is 0 Å². The minimum atomic E-state index is -4.80. The number of pyridine rings is 1. The van der Waals surface area contributed by atoms with Crippen LogP contribution in [0.15, 0.2) is 60.8 Å². The van der Waals surface area contributed by atoms with Gasteiger partial charge in [-0.1, -0.05) is 18.2 Å². The topological polar surface area (TPSA) is 94.9 Å². The first-order valence-corrected chi connectivity index (χ1v) is 10.5. The number of aliphatic hydroxyl groups is 2. The molecule has 1 unspecified atom stereocenters. The number of rotatable bonds is 6. The van der Waals surface area contributed by atoms with Gasteiger partial charge in [0.15, 0.2) is 0 Å². The number of aromatic nitrogens is 1. The van der Waals surface area contributed by atoms with Crippen molar-refractivity contribution in [2.45, 2.75) is 25.5 Å². The van der Waals surface area contributed by atoms with Gasteiger partial charge in [0.2, 0.25) is 0 Å². The van der Waals surface area contributed by atoms with E-state index < -0.39 is 24.1 Å². The van der Waals surface area contributed by atoms with Gasteiger partial charge < -0.3 is 25.2 Å². The number of alkyl halides is 3. The molecule has 10 heteroatoms. The van der Waals surface area contributed by atoms with E-state index in [0.717, 1.165) is 17.7 Å². The number of halogens is 3. The highest BCUT2D eigenvalue weighted by Gasteiger charge is 2.31. The number of amides is 1. The predicted molar refractivity (Wildman–Crippen MR) is 120 cm³/mol. The SMILES string of the molecule is O=C(Nc1ccc(OC(F)(F)F)cc1)c1cnc(N2CCC(O)C2)c(-c2cccc(CO)c2)c1. The number of carbonyl (C=O) groups excluding carboxylic acids is 1. The number of benzene rings is 2. The van der Waals surface area contributed by atoms with E-state index in [9.17, 15) is 28.2 Å². The second-order valence-electron chi connectivity index (χ2n) is 7.87. The standard InChI is InChI=1S/C24H22F3N3O4/c25-24(26,27)34-20-6-4-18(5-7-20)29-23(33)17-11-21(16-3-1-2-15(10-16)14-31)22(28-12-17)30-9-8-19(32)13-30/h1-7,10-12,19,31-32H,8-9,13-14H2,(H,29,33). The summed E-state index contributed by atoms with van der Waals surface area (Å²) in [6, 6.07) is 13.7. The molecule has 3 aromatic rings. The highest BCUT2D eigenvalue weighted by atomic mass is 19.4. The molecule has 2 heterocycles. The van der Waals surface area contributed by atoms with Gasteiger partial charge in [-0.05, 0) is 53.9 Å². The lowest BCUT2D eigenvalue weighted by Gasteiger charge is -2.21. The molecule has 1 fully saturated rings. The lowest BCUT2D eigenvalue weighted by atomic mass is 10.0. The van der Waals surface area contributed by atoms with E-state index in [1.807, 2.05) is 11.0 Å². The molecule has 2 aromatic carbocycles. The van der Waals surface area contributed by atoms with Crippen molar-refractivity contribution >= 4 is 17.4 Å². The molecule has 0 saturated carbocycles. The monoisotopic (exact) mass is 473 g/mol. The Kier molecular flexibility index (Phi) is 6.71. The Bertz CT molecular complexity index is 1170. The van der Waals surface area contributed by atoms with Crippen LogP contribution in [0.1, 0.15) is 22.3 Å². The number of nitrogens with one attached hydrogen (secondary N) is 1. The van der Waals surface area contributed by atoms with E-state index in [1.165, 1.54) is 18.3 Å². The molecule has 1 aliphatic heterocycles. The van der Waals surface area contributed by atoms with Gasteiger partial charge in [-0.25, -0.2) is 4.98 Å². The fourth-order valence-electron chi connectivity index (χ4n) is 3.76. The molecule has 1 saturated heterocycles. The van der Waals surface area contributed by atoms with Crippen molar-refractivity contribution in [3.8, 4) is 16.9 Å². The van der Waals surface area contributed by atoms with Gasteiger partial charge >= 0.3 is 6.36 Å². The minimum Gasteiger partial charge on any atom is -0.406 e. The van der Waals surface area contributed by atoms with Gasteiger partial charge in [0.05, 0.1) is 18.3 Å². The third kappa shape index (κ3) is 5.64. The van der Waals surface area contributed by atoms with Crippen LogP contribution in [0.2, 0.25) is 0 Å². The first kappa shape index (κ1) is 23.5. The first-order valence-electron chi connectivity index (χ1n) is 10.5. The van der Waals surface area contributed by atoms with Gasteiger partial charge in [0, 0.05) is 30.5 Å². The van der Waals surface area contributed by atoms with E-state index in [4.69, 9.17) is 0 Å². The summed E-state index contributed by atoms with van der Waals surface area (Å²) >= 11 is 0. The smallest absolute Gasteiger partial charge is 0.406 e. The number of nitrogens with zero attached hydrogens (tertiary/aromatic N) is 2. The lowest BCUT2D eigenvalue weighted by molar-refractivity contribution is -0.274. The van der Waals surface area contributed by atoms with Crippen molar-refractivity contribution < 1.29 is 32.9 Å². The molecule has 0 radical (unpaired) electrons. The average Bonchev–Trinajstić information content (AvgIpc) is 3.25. The van der Waals surface area contributed by atoms with Crippen molar-refractivity contribution in [3.05, 3.63) is 71.9 Å². The molecule has 1 aromatic heterocycles. The number of ether oxygens (including phenoxy) is 1. The highest BCUT2D eigenvalue weighted by molar-refractivity contribution is 6.05. The second-order valence-corrected chi connectivity index (χ2v) is 7.87. The third-order valence-corrected chi connectivity index (χ3v) is 5.36. The summed E-state index contributed by atoms with van der Waals surface area (Å²) in [5, 5.41) is 22.1. The van der Waals surface area contributed by atoms with Crippen molar-refractivity contribution in [2.75, 3.05) is 23.3 Å². The molecule has 0 bridgehead atoms. The van der Waals surface area contributed by atoms with Crippen LogP contribution >= 0.6 is 0 Å². The molecule has 1 aliphatic rings. The summed E-state index contributed by atoms with van der Waals surface area (Å²) in [7, 11) is 0. The number of hydrogen-bond acceptors (Lipinski definition) is 6. The van der Waals surface area contributed by atoms with E-state index in [-0.39, 0.29) is 17.9 Å². The molecule has 7 nitrogen and oxygen atoms in total. The van der Waals surface area contributed by atoms with Crippen LogP contribution in [-0.4, -0.2) is 46.7 Å². The van der Waals surface area contributed by atoms with Crippen molar-refractivity contribution in [1.82, 2.24) is 4.98 Å². The van der Waals surface area contributed by atoms with Crippen molar-refractivity contribution in [1.29, 1.82) is 0 Å². The maximum absolute atomic E-state index is 12.9. The summed E-state index contributed by atoms with van der Waals surface area (Å²) in [6.07, 6.45) is -3.25. The van der Waals surface area contributed by atoms with Gasteiger partial charge in [0.1, 0.15) is 11.6 Å². The highest BCUT2D eigenvalue weighted by Crippen LogP contribution is 2.33. The molecular weight excluding hydrogens is 451 g/mol. The minimum absolute atomic E-state index is 0.146. The molecule has 0 spiro atoms. The summed E-state index contributed by atoms with van der Waals surface area (Å²) in [5.41, 5.74) is 2.63. The summed E-state index contributed by atoms with van der Waals surface area (Å²) in [5.74, 6) is -0.281. The Morgan fingerprint density at radius 1 is 1.18 bits per heavy atom. The number of aliphatic hydroxyl groups excluding tert-OH is 2. The molecule has 34 heavy (non-hydrogen) atoms.